The topological polar surface area (TPSA) is 27.7 Å². The summed E-state index contributed by atoms with van der Waals surface area (Å²) in [5, 5.41) is 6.25. The van der Waals surface area contributed by atoms with Gasteiger partial charge in [0.15, 0.2) is 12.4 Å². The van der Waals surface area contributed by atoms with Crippen LogP contribution in [0.15, 0.2) is 24.5 Å². The number of nitrogens with zero attached hydrogens (tertiary/aromatic N) is 2. The Morgan fingerprint density at radius 1 is 1.25 bits per heavy atom. The molecule has 12 heavy (non-hydrogen) atoms. The predicted molar refractivity (Wildman–Crippen MR) is 46.7 cm³/mol. The zero-order valence-corrected chi connectivity index (χ0v) is 7.62. The molecule has 0 aliphatic rings. The maximum atomic E-state index is 6.25. The van der Waals surface area contributed by atoms with Gasteiger partial charge in [0.2, 0.25) is 0 Å². The summed E-state index contributed by atoms with van der Waals surface area (Å²) in [6.45, 7) is 10.1. The summed E-state index contributed by atoms with van der Waals surface area (Å²) in [7, 11) is 0. The summed E-state index contributed by atoms with van der Waals surface area (Å²) >= 11 is 0. The Balaban J connectivity index is 0.000000561. The SMILES string of the molecule is CCc1cc[n+](CC)cc1.[C-]#N. The number of aromatic nitrogens is 1. The molecule has 0 aliphatic carbocycles. The van der Waals surface area contributed by atoms with Gasteiger partial charge in [-0.05, 0) is 18.9 Å². The molecule has 64 valence electrons. The van der Waals surface area contributed by atoms with Crippen LogP contribution in [0.1, 0.15) is 19.4 Å². The molecule has 0 aliphatic heterocycles. The molecule has 0 atom stereocenters. The Bertz CT molecular complexity index is 200. The third-order valence-electron chi connectivity index (χ3n) is 1.73. The maximum Gasteiger partial charge on any atom is 0.169 e. The average Bonchev–Trinajstić information content (AvgIpc) is 2.21. The van der Waals surface area contributed by atoms with Gasteiger partial charge in [-0.3, -0.25) is 0 Å². The Morgan fingerprint density at radius 3 is 2.08 bits per heavy atom. The zero-order chi connectivity index (χ0) is 9.40. The van der Waals surface area contributed by atoms with Crippen LogP contribution in [0.5, 0.6) is 0 Å². The summed E-state index contributed by atoms with van der Waals surface area (Å²) in [4.78, 5) is 0. The second-order valence-electron chi connectivity index (χ2n) is 2.39. The Hall–Kier alpha value is -1.36. The molecule has 0 radical (unpaired) electrons. The minimum atomic E-state index is 1.06. The number of pyridine rings is 1. The monoisotopic (exact) mass is 162 g/mol. The molecule has 2 nitrogen and oxygen atoms in total. The second kappa shape index (κ2) is 6.36. The summed E-state index contributed by atoms with van der Waals surface area (Å²) in [5.74, 6) is 0. The van der Waals surface area contributed by atoms with E-state index in [0.29, 0.717) is 0 Å². The zero-order valence-electron chi connectivity index (χ0n) is 7.62. The van der Waals surface area contributed by atoms with Gasteiger partial charge < -0.3 is 11.8 Å². The fourth-order valence-corrected chi connectivity index (χ4v) is 0.935. The van der Waals surface area contributed by atoms with Crippen LogP contribution in [0.2, 0.25) is 0 Å². The van der Waals surface area contributed by atoms with E-state index in [4.69, 9.17) is 11.8 Å². The lowest BCUT2D eigenvalue weighted by molar-refractivity contribution is -0.693. The molecule has 2 heteroatoms. The lowest BCUT2D eigenvalue weighted by Crippen LogP contribution is -2.30. The first-order valence-corrected chi connectivity index (χ1v) is 4.07. The van der Waals surface area contributed by atoms with E-state index in [1.54, 1.807) is 0 Å². The highest BCUT2D eigenvalue weighted by Gasteiger charge is 1.93. The largest absolute Gasteiger partial charge is 0.512 e. The van der Waals surface area contributed by atoms with Crippen LogP contribution in [0.25, 0.3) is 0 Å². The first-order chi connectivity index (χ1) is 5.86. The summed E-state index contributed by atoms with van der Waals surface area (Å²) in [6.07, 6.45) is 5.38. The van der Waals surface area contributed by atoms with E-state index in [9.17, 15) is 0 Å². The van der Waals surface area contributed by atoms with Crippen molar-refractivity contribution in [1.29, 1.82) is 5.26 Å². The molecule has 1 heterocycles. The molecule has 0 N–H and O–H groups in total. The van der Waals surface area contributed by atoms with Gasteiger partial charge in [0.1, 0.15) is 6.54 Å². The van der Waals surface area contributed by atoms with E-state index in [2.05, 4.69) is 42.9 Å². The van der Waals surface area contributed by atoms with Gasteiger partial charge in [0.05, 0.1) is 0 Å². The number of aryl methyl sites for hydroxylation is 2. The quantitative estimate of drug-likeness (QED) is 0.480. The van der Waals surface area contributed by atoms with Crippen molar-refractivity contribution in [3.8, 4) is 0 Å². The molecule has 0 bridgehead atoms. The second-order valence-corrected chi connectivity index (χ2v) is 2.39. The van der Waals surface area contributed by atoms with Crippen LogP contribution in [0, 0.1) is 11.8 Å². The molecule has 0 fully saturated rings. The van der Waals surface area contributed by atoms with Crippen molar-refractivity contribution in [3.63, 3.8) is 0 Å². The Labute approximate surface area is 74.1 Å². The van der Waals surface area contributed by atoms with E-state index in [1.165, 1.54) is 5.56 Å². The van der Waals surface area contributed by atoms with Gasteiger partial charge in [0, 0.05) is 12.1 Å². The number of hydrogen-bond donors (Lipinski definition) is 0. The molecular formula is C10H14N2. The van der Waals surface area contributed by atoms with Gasteiger partial charge in [-0.15, -0.1) is 0 Å². The van der Waals surface area contributed by atoms with Crippen LogP contribution in [0.3, 0.4) is 0 Å². The third-order valence-corrected chi connectivity index (χ3v) is 1.73. The highest BCUT2D eigenvalue weighted by Crippen LogP contribution is 1.94. The van der Waals surface area contributed by atoms with E-state index >= 15 is 0 Å². The summed E-state index contributed by atoms with van der Waals surface area (Å²) in [5.41, 5.74) is 1.41. The van der Waals surface area contributed by atoms with Crippen molar-refractivity contribution in [2.75, 3.05) is 0 Å². The molecule has 0 amide bonds. The molecule has 0 spiro atoms. The van der Waals surface area contributed by atoms with Gasteiger partial charge in [-0.2, -0.15) is 0 Å². The van der Waals surface area contributed by atoms with Crippen molar-refractivity contribution >= 4 is 0 Å². The predicted octanol–water partition coefficient (Wildman–Crippen LogP) is 1.65. The van der Waals surface area contributed by atoms with Crippen molar-refractivity contribution < 1.29 is 4.57 Å². The minimum Gasteiger partial charge on any atom is -0.512 e. The average molecular weight is 162 g/mol. The molecule has 0 saturated heterocycles. The smallest absolute Gasteiger partial charge is 0.169 e. The first kappa shape index (κ1) is 10.6. The van der Waals surface area contributed by atoms with Crippen LogP contribution in [0.4, 0.5) is 0 Å². The summed E-state index contributed by atoms with van der Waals surface area (Å²) in [6, 6.07) is 4.34. The molecule has 1 aromatic rings. The normalized spacial score (nSPS) is 8.33. The lowest BCUT2D eigenvalue weighted by Gasteiger charge is -1.93. The number of rotatable bonds is 2. The molecule has 0 saturated carbocycles. The fourth-order valence-electron chi connectivity index (χ4n) is 0.935. The van der Waals surface area contributed by atoms with Gasteiger partial charge in [-0.25, -0.2) is 4.57 Å². The summed E-state index contributed by atoms with van der Waals surface area (Å²) < 4.78 is 2.17. The fraction of sp³-hybridized carbons (Fsp3) is 0.400. The lowest BCUT2D eigenvalue weighted by atomic mass is 10.2. The van der Waals surface area contributed by atoms with Crippen molar-refractivity contribution in [2.45, 2.75) is 26.8 Å². The van der Waals surface area contributed by atoms with E-state index in [0.717, 1.165) is 13.0 Å². The van der Waals surface area contributed by atoms with Crippen LogP contribution < -0.4 is 4.57 Å². The van der Waals surface area contributed by atoms with Crippen LogP contribution >= 0.6 is 0 Å². The van der Waals surface area contributed by atoms with Crippen molar-refractivity contribution in [3.05, 3.63) is 36.7 Å². The molecular weight excluding hydrogens is 148 g/mol. The van der Waals surface area contributed by atoms with E-state index in [1.807, 2.05) is 0 Å². The first-order valence-electron chi connectivity index (χ1n) is 4.07. The molecule has 0 unspecified atom stereocenters. The third kappa shape index (κ3) is 3.16. The van der Waals surface area contributed by atoms with Crippen LogP contribution in [-0.4, -0.2) is 0 Å². The van der Waals surface area contributed by atoms with Gasteiger partial charge >= 0.3 is 0 Å². The minimum absolute atomic E-state index is 1.06. The highest BCUT2D eigenvalue weighted by molar-refractivity contribution is 5.06. The Morgan fingerprint density at radius 2 is 1.75 bits per heavy atom. The highest BCUT2D eigenvalue weighted by atomic mass is 14.9. The maximum absolute atomic E-state index is 6.25. The van der Waals surface area contributed by atoms with E-state index in [-0.39, 0.29) is 0 Å². The Kier molecular flexibility index (Phi) is 5.64. The van der Waals surface area contributed by atoms with Crippen molar-refractivity contribution in [1.82, 2.24) is 0 Å². The van der Waals surface area contributed by atoms with Crippen LogP contribution in [-0.2, 0) is 13.0 Å². The van der Waals surface area contributed by atoms with Gasteiger partial charge in [0.25, 0.3) is 0 Å². The standard InChI is InChI=1S/C9H14N.CN/c1-3-9-5-7-10(4-2)8-6-9;1-2/h5-8H,3-4H2,1-2H3;/q+1;-1. The molecule has 1 rings (SSSR count). The number of hydrogen-bond acceptors (Lipinski definition) is 1. The molecule has 0 aromatic carbocycles. The van der Waals surface area contributed by atoms with E-state index < -0.39 is 0 Å². The van der Waals surface area contributed by atoms with Crippen molar-refractivity contribution in [2.24, 2.45) is 0 Å². The molecule has 1 aromatic heterocycles. The van der Waals surface area contributed by atoms with Gasteiger partial charge in [-0.1, -0.05) is 6.92 Å².